The van der Waals surface area contributed by atoms with Gasteiger partial charge in [0.1, 0.15) is 5.52 Å². The minimum atomic E-state index is -3.59. The maximum absolute atomic E-state index is 12.9. The fraction of sp³-hybridized carbons (Fsp3) is 0.174. The quantitative estimate of drug-likeness (QED) is 0.451. The molecule has 0 radical (unpaired) electrons. The molecule has 2 N–H and O–H groups in total. The molecule has 5 rings (SSSR count). The normalized spacial score (nSPS) is 15.0. The number of fused-ring (bicyclic) bond motifs is 1. The molecule has 1 fully saturated rings. The van der Waals surface area contributed by atoms with Crippen LogP contribution in [0.5, 0.6) is 0 Å². The molecule has 3 aromatic carbocycles. The molecule has 0 unspecified atom stereocenters. The highest BCUT2D eigenvalue weighted by atomic mass is 32.2. The molecule has 1 aliphatic heterocycles. The van der Waals surface area contributed by atoms with Crippen LogP contribution in [0.15, 0.2) is 82.1 Å². The van der Waals surface area contributed by atoms with Crippen molar-refractivity contribution in [1.82, 2.24) is 9.29 Å². The predicted molar refractivity (Wildman–Crippen MR) is 123 cm³/mol. The molecule has 2 heterocycles. The molecular weight excluding hydrogens is 428 g/mol. The zero-order chi connectivity index (χ0) is 22.0. The van der Waals surface area contributed by atoms with Crippen LogP contribution in [0.1, 0.15) is 0 Å². The lowest BCUT2D eigenvalue weighted by molar-refractivity contribution is 0.0730. The number of rotatable bonds is 6. The van der Waals surface area contributed by atoms with Crippen LogP contribution < -0.4 is 10.6 Å². The molecule has 32 heavy (non-hydrogen) atoms. The molecule has 9 heteroatoms. The van der Waals surface area contributed by atoms with Crippen molar-refractivity contribution >= 4 is 44.2 Å². The summed E-state index contributed by atoms with van der Waals surface area (Å²) in [6.07, 6.45) is 0. The summed E-state index contributed by atoms with van der Waals surface area (Å²) >= 11 is 0. The summed E-state index contributed by atoms with van der Waals surface area (Å²) in [5.74, 6) is 0. The first-order valence-corrected chi connectivity index (χ1v) is 11.7. The van der Waals surface area contributed by atoms with Crippen LogP contribution in [0.4, 0.5) is 23.1 Å². The summed E-state index contributed by atoms with van der Waals surface area (Å²) in [5.41, 5.74) is 3.75. The Hall–Kier alpha value is -3.40. The zero-order valence-electron chi connectivity index (χ0n) is 17.2. The Labute approximate surface area is 185 Å². The van der Waals surface area contributed by atoms with Crippen LogP contribution >= 0.6 is 0 Å². The number of hydrogen-bond acceptors (Lipinski definition) is 7. The van der Waals surface area contributed by atoms with Gasteiger partial charge in [0.2, 0.25) is 10.0 Å². The largest absolute Gasteiger partial charge is 0.423 e. The summed E-state index contributed by atoms with van der Waals surface area (Å²) in [5, 5.41) is 6.45. The van der Waals surface area contributed by atoms with Gasteiger partial charge in [-0.05, 0) is 54.6 Å². The lowest BCUT2D eigenvalue weighted by Gasteiger charge is -2.25. The summed E-state index contributed by atoms with van der Waals surface area (Å²) in [4.78, 5) is 4.61. The number of anilines is 4. The van der Waals surface area contributed by atoms with Crippen molar-refractivity contribution in [3.8, 4) is 0 Å². The van der Waals surface area contributed by atoms with Crippen molar-refractivity contribution in [2.24, 2.45) is 0 Å². The summed E-state index contributed by atoms with van der Waals surface area (Å²) in [6.45, 7) is 1.50. The van der Waals surface area contributed by atoms with Crippen molar-refractivity contribution in [2.75, 3.05) is 36.9 Å². The highest BCUT2D eigenvalue weighted by molar-refractivity contribution is 7.89. The molecular formula is C23H22N4O4S. The van der Waals surface area contributed by atoms with E-state index in [-0.39, 0.29) is 4.90 Å². The Kier molecular flexibility index (Phi) is 5.52. The van der Waals surface area contributed by atoms with E-state index in [0.29, 0.717) is 43.4 Å². The Morgan fingerprint density at radius 3 is 2.19 bits per heavy atom. The molecule has 8 nitrogen and oxygen atoms in total. The number of oxazole rings is 1. The van der Waals surface area contributed by atoms with Gasteiger partial charge in [0.05, 0.1) is 18.1 Å². The number of hydrogen-bond donors (Lipinski definition) is 2. The first-order valence-electron chi connectivity index (χ1n) is 10.3. The van der Waals surface area contributed by atoms with Gasteiger partial charge in [-0.15, -0.1) is 0 Å². The second-order valence-electron chi connectivity index (χ2n) is 7.36. The van der Waals surface area contributed by atoms with E-state index in [0.717, 1.165) is 17.1 Å². The van der Waals surface area contributed by atoms with E-state index in [1.54, 1.807) is 18.2 Å². The molecule has 0 saturated carbocycles. The Bertz CT molecular complexity index is 1320. The molecule has 0 spiro atoms. The lowest BCUT2D eigenvalue weighted by atomic mass is 10.2. The van der Waals surface area contributed by atoms with E-state index in [4.69, 9.17) is 9.15 Å². The lowest BCUT2D eigenvalue weighted by Crippen LogP contribution is -2.40. The zero-order valence-corrected chi connectivity index (χ0v) is 18.0. The maximum atomic E-state index is 12.9. The second-order valence-corrected chi connectivity index (χ2v) is 9.30. The van der Waals surface area contributed by atoms with Crippen molar-refractivity contribution in [1.29, 1.82) is 0 Å². The number of aromatic nitrogens is 1. The summed E-state index contributed by atoms with van der Waals surface area (Å²) < 4.78 is 38.2. The average Bonchev–Trinajstić information content (AvgIpc) is 3.23. The third kappa shape index (κ3) is 4.31. The van der Waals surface area contributed by atoms with E-state index in [2.05, 4.69) is 15.6 Å². The maximum Gasteiger partial charge on any atom is 0.300 e. The molecule has 0 atom stereocenters. The standard InChI is InChI=1S/C23H22N4O4S/c28-32(29,27-12-14-30-15-13-27)20-10-11-22-21(16-20)26-23(31-22)25-19-8-6-18(7-9-19)24-17-4-2-1-3-5-17/h1-11,16,24H,12-15H2,(H,25,26). The van der Waals surface area contributed by atoms with E-state index < -0.39 is 10.0 Å². The SMILES string of the molecule is O=S(=O)(c1ccc2oc(Nc3ccc(Nc4ccccc4)cc3)nc2c1)N1CCOCC1. The molecule has 4 aromatic rings. The molecule has 0 aliphatic carbocycles. The van der Waals surface area contributed by atoms with Crippen LogP contribution in [0.3, 0.4) is 0 Å². The smallest absolute Gasteiger partial charge is 0.300 e. The van der Waals surface area contributed by atoms with Crippen LogP contribution in [0.25, 0.3) is 11.1 Å². The minimum Gasteiger partial charge on any atom is -0.423 e. The topological polar surface area (TPSA) is 96.7 Å². The van der Waals surface area contributed by atoms with Crippen LogP contribution in [-0.4, -0.2) is 44.0 Å². The number of sulfonamides is 1. The number of benzene rings is 3. The van der Waals surface area contributed by atoms with Crippen molar-refractivity contribution in [3.05, 3.63) is 72.8 Å². The minimum absolute atomic E-state index is 0.197. The Balaban J connectivity index is 1.32. The highest BCUT2D eigenvalue weighted by Gasteiger charge is 2.27. The van der Waals surface area contributed by atoms with Crippen molar-refractivity contribution in [2.45, 2.75) is 4.90 Å². The molecule has 0 bridgehead atoms. The van der Waals surface area contributed by atoms with Gasteiger partial charge in [0.15, 0.2) is 5.58 Å². The number of nitrogens with one attached hydrogen (secondary N) is 2. The molecule has 1 aromatic heterocycles. The highest BCUT2D eigenvalue weighted by Crippen LogP contribution is 2.27. The molecule has 0 amide bonds. The average molecular weight is 451 g/mol. The van der Waals surface area contributed by atoms with E-state index in [9.17, 15) is 8.42 Å². The number of morpholine rings is 1. The van der Waals surface area contributed by atoms with Crippen LogP contribution in [0.2, 0.25) is 0 Å². The van der Waals surface area contributed by atoms with Gasteiger partial charge >= 0.3 is 0 Å². The van der Waals surface area contributed by atoms with Crippen molar-refractivity contribution < 1.29 is 17.6 Å². The summed E-state index contributed by atoms with van der Waals surface area (Å²) in [6, 6.07) is 22.7. The summed E-state index contributed by atoms with van der Waals surface area (Å²) in [7, 11) is -3.59. The Morgan fingerprint density at radius 2 is 1.47 bits per heavy atom. The van der Waals surface area contributed by atoms with Gasteiger partial charge in [-0.2, -0.15) is 9.29 Å². The third-order valence-electron chi connectivity index (χ3n) is 5.17. The van der Waals surface area contributed by atoms with Crippen LogP contribution in [-0.2, 0) is 14.8 Å². The fourth-order valence-electron chi connectivity index (χ4n) is 3.51. The van der Waals surface area contributed by atoms with E-state index in [1.807, 2.05) is 54.6 Å². The van der Waals surface area contributed by atoms with E-state index in [1.165, 1.54) is 4.31 Å². The predicted octanol–water partition coefficient (Wildman–Crippen LogP) is 4.34. The van der Waals surface area contributed by atoms with Crippen LogP contribution in [0, 0.1) is 0 Å². The third-order valence-corrected chi connectivity index (χ3v) is 7.06. The van der Waals surface area contributed by atoms with Gasteiger partial charge in [0, 0.05) is 30.2 Å². The van der Waals surface area contributed by atoms with Gasteiger partial charge < -0.3 is 19.8 Å². The fourth-order valence-corrected chi connectivity index (χ4v) is 4.93. The second kappa shape index (κ2) is 8.62. The van der Waals surface area contributed by atoms with Crippen molar-refractivity contribution in [3.63, 3.8) is 0 Å². The molecule has 1 aliphatic rings. The first-order chi connectivity index (χ1) is 15.6. The molecule has 1 saturated heterocycles. The Morgan fingerprint density at radius 1 is 0.812 bits per heavy atom. The molecule has 164 valence electrons. The van der Waals surface area contributed by atoms with Gasteiger partial charge in [-0.3, -0.25) is 0 Å². The number of nitrogens with zero attached hydrogens (tertiary/aromatic N) is 2. The van der Waals surface area contributed by atoms with Gasteiger partial charge in [-0.1, -0.05) is 18.2 Å². The van der Waals surface area contributed by atoms with E-state index >= 15 is 0 Å². The number of para-hydroxylation sites is 1. The number of ether oxygens (including phenoxy) is 1. The monoisotopic (exact) mass is 450 g/mol. The van der Waals surface area contributed by atoms with Gasteiger partial charge in [0.25, 0.3) is 6.01 Å². The first kappa shape index (κ1) is 20.5. The van der Waals surface area contributed by atoms with Gasteiger partial charge in [-0.25, -0.2) is 8.42 Å².